The Balaban J connectivity index is 0.00000288. The fourth-order valence-corrected chi connectivity index (χ4v) is 2.10. The van der Waals surface area contributed by atoms with E-state index in [1.807, 2.05) is 48.1 Å². The zero-order valence-electron chi connectivity index (χ0n) is 13.8. The van der Waals surface area contributed by atoms with Crippen LogP contribution in [-0.2, 0) is 6.54 Å². The van der Waals surface area contributed by atoms with Crippen molar-refractivity contribution in [3.8, 4) is 5.75 Å². The van der Waals surface area contributed by atoms with Crippen molar-refractivity contribution in [1.29, 1.82) is 0 Å². The fraction of sp³-hybridized carbons (Fsp3) is 0.375. The number of aromatic nitrogens is 2. The third-order valence-electron chi connectivity index (χ3n) is 3.12. The van der Waals surface area contributed by atoms with Gasteiger partial charge in [0.15, 0.2) is 5.96 Å². The van der Waals surface area contributed by atoms with E-state index in [9.17, 15) is 0 Å². The van der Waals surface area contributed by atoms with Gasteiger partial charge in [-0.1, -0.05) is 11.6 Å². The molecule has 1 atom stereocenters. The molecule has 0 spiro atoms. The van der Waals surface area contributed by atoms with Gasteiger partial charge in [0.2, 0.25) is 0 Å². The number of nitrogens with one attached hydrogen (secondary N) is 2. The Morgan fingerprint density at radius 2 is 2.08 bits per heavy atom. The van der Waals surface area contributed by atoms with Crippen molar-refractivity contribution < 1.29 is 4.74 Å². The van der Waals surface area contributed by atoms with Crippen molar-refractivity contribution in [2.24, 2.45) is 4.99 Å². The van der Waals surface area contributed by atoms with Crippen LogP contribution in [-0.4, -0.2) is 42.0 Å². The second kappa shape index (κ2) is 11.1. The highest BCUT2D eigenvalue weighted by Crippen LogP contribution is 2.16. The summed E-state index contributed by atoms with van der Waals surface area (Å²) in [4.78, 5) is 4.19. The molecular weight excluding hydrogens is 441 g/mol. The van der Waals surface area contributed by atoms with E-state index in [-0.39, 0.29) is 30.1 Å². The molecule has 0 amide bonds. The maximum absolute atomic E-state index is 5.86. The third-order valence-corrected chi connectivity index (χ3v) is 3.38. The van der Waals surface area contributed by atoms with Gasteiger partial charge in [0, 0.05) is 31.0 Å². The molecular formula is C16H23ClIN5O. The van der Waals surface area contributed by atoms with Gasteiger partial charge < -0.3 is 15.4 Å². The van der Waals surface area contributed by atoms with Crippen LogP contribution < -0.4 is 15.4 Å². The number of aliphatic imine (C=N–C) groups is 1. The van der Waals surface area contributed by atoms with E-state index < -0.39 is 0 Å². The normalized spacial score (nSPS) is 12.2. The van der Waals surface area contributed by atoms with Gasteiger partial charge in [-0.15, -0.1) is 24.0 Å². The first-order valence-corrected chi connectivity index (χ1v) is 7.89. The molecule has 1 heterocycles. The summed E-state index contributed by atoms with van der Waals surface area (Å²) in [6.07, 6.45) is 3.70. The molecule has 0 aliphatic rings. The van der Waals surface area contributed by atoms with Gasteiger partial charge in [0.25, 0.3) is 0 Å². The van der Waals surface area contributed by atoms with Crippen molar-refractivity contribution in [3.63, 3.8) is 0 Å². The zero-order chi connectivity index (χ0) is 16.5. The summed E-state index contributed by atoms with van der Waals surface area (Å²) in [6.45, 7) is 4.17. The van der Waals surface area contributed by atoms with Crippen molar-refractivity contribution in [1.82, 2.24) is 20.4 Å². The van der Waals surface area contributed by atoms with Gasteiger partial charge in [-0.2, -0.15) is 5.10 Å². The third kappa shape index (κ3) is 7.39. The largest absolute Gasteiger partial charge is 0.489 e. The average Bonchev–Trinajstić information content (AvgIpc) is 3.06. The van der Waals surface area contributed by atoms with Crippen LogP contribution >= 0.6 is 35.6 Å². The lowest BCUT2D eigenvalue weighted by Gasteiger charge is -2.17. The molecule has 6 nitrogen and oxygen atoms in total. The number of rotatable bonds is 7. The maximum Gasteiger partial charge on any atom is 0.191 e. The fourth-order valence-electron chi connectivity index (χ4n) is 1.97. The van der Waals surface area contributed by atoms with Gasteiger partial charge in [0.1, 0.15) is 11.9 Å². The molecule has 8 heteroatoms. The van der Waals surface area contributed by atoms with E-state index in [1.54, 1.807) is 13.2 Å². The minimum absolute atomic E-state index is 0. The van der Waals surface area contributed by atoms with Gasteiger partial charge >= 0.3 is 0 Å². The number of halogens is 2. The first-order valence-electron chi connectivity index (χ1n) is 7.51. The van der Waals surface area contributed by atoms with Crippen LogP contribution in [0.25, 0.3) is 0 Å². The van der Waals surface area contributed by atoms with Gasteiger partial charge in [0.05, 0.1) is 13.1 Å². The molecule has 0 radical (unpaired) electrons. The van der Waals surface area contributed by atoms with Crippen LogP contribution in [0.1, 0.15) is 6.92 Å². The standard InChI is InChI=1S/C16H22ClN5O.HI/c1-13(23-15-6-4-14(17)5-7-15)12-20-16(18-2)19-9-11-22-10-3-8-21-22;/h3-8,10,13H,9,11-12H2,1-2H3,(H2,18,19,20);1H. The molecule has 0 fully saturated rings. The Kier molecular flexibility index (Phi) is 9.55. The van der Waals surface area contributed by atoms with Crippen LogP contribution in [0.15, 0.2) is 47.7 Å². The minimum atomic E-state index is 0. The molecule has 2 N–H and O–H groups in total. The average molecular weight is 464 g/mol. The second-order valence-corrected chi connectivity index (χ2v) is 5.47. The molecule has 0 saturated heterocycles. The highest BCUT2D eigenvalue weighted by atomic mass is 127. The predicted molar refractivity (Wildman–Crippen MR) is 109 cm³/mol. The molecule has 0 aliphatic heterocycles. The van der Waals surface area contributed by atoms with E-state index in [0.717, 1.165) is 24.8 Å². The topological polar surface area (TPSA) is 63.5 Å². The molecule has 1 unspecified atom stereocenters. The summed E-state index contributed by atoms with van der Waals surface area (Å²) in [5.74, 6) is 1.54. The van der Waals surface area contributed by atoms with Crippen LogP contribution in [0.5, 0.6) is 5.75 Å². The van der Waals surface area contributed by atoms with E-state index in [0.29, 0.717) is 11.6 Å². The molecule has 0 bridgehead atoms. The van der Waals surface area contributed by atoms with E-state index in [4.69, 9.17) is 16.3 Å². The maximum atomic E-state index is 5.86. The first-order chi connectivity index (χ1) is 11.2. The number of hydrogen-bond donors (Lipinski definition) is 2. The molecule has 2 rings (SSSR count). The van der Waals surface area contributed by atoms with Crippen molar-refractivity contribution in [2.75, 3.05) is 20.1 Å². The number of benzene rings is 1. The summed E-state index contributed by atoms with van der Waals surface area (Å²) in [7, 11) is 1.74. The predicted octanol–water partition coefficient (Wildman–Crippen LogP) is 2.79. The van der Waals surface area contributed by atoms with Gasteiger partial charge in [-0.05, 0) is 37.3 Å². The van der Waals surface area contributed by atoms with Crippen LogP contribution in [0.2, 0.25) is 5.02 Å². The smallest absolute Gasteiger partial charge is 0.191 e. The molecule has 0 saturated carbocycles. The molecule has 0 aliphatic carbocycles. The summed E-state index contributed by atoms with van der Waals surface area (Å²) in [6, 6.07) is 9.24. The SMILES string of the molecule is CN=C(NCCn1cccn1)NCC(C)Oc1ccc(Cl)cc1.I. The molecule has 2 aromatic rings. The second-order valence-electron chi connectivity index (χ2n) is 5.03. The van der Waals surface area contributed by atoms with Crippen molar-refractivity contribution in [2.45, 2.75) is 19.6 Å². The Morgan fingerprint density at radius 3 is 2.71 bits per heavy atom. The summed E-state index contributed by atoms with van der Waals surface area (Å²) >= 11 is 5.86. The molecule has 1 aromatic heterocycles. The molecule has 1 aromatic carbocycles. The highest BCUT2D eigenvalue weighted by Gasteiger charge is 2.05. The van der Waals surface area contributed by atoms with Gasteiger partial charge in [-0.3, -0.25) is 9.67 Å². The lowest BCUT2D eigenvalue weighted by Crippen LogP contribution is -2.42. The number of ether oxygens (including phenoxy) is 1. The molecule has 24 heavy (non-hydrogen) atoms. The Bertz CT molecular complexity index is 603. The quantitative estimate of drug-likeness (QED) is 0.377. The first kappa shape index (κ1) is 20.6. The van der Waals surface area contributed by atoms with E-state index in [1.165, 1.54) is 0 Å². The highest BCUT2D eigenvalue weighted by molar-refractivity contribution is 14.0. The lowest BCUT2D eigenvalue weighted by atomic mass is 10.3. The Hall–Kier alpha value is -1.48. The van der Waals surface area contributed by atoms with Crippen LogP contribution in [0.3, 0.4) is 0 Å². The Morgan fingerprint density at radius 1 is 1.33 bits per heavy atom. The van der Waals surface area contributed by atoms with Crippen LogP contribution in [0.4, 0.5) is 0 Å². The number of guanidine groups is 1. The van der Waals surface area contributed by atoms with Crippen LogP contribution in [0, 0.1) is 0 Å². The van der Waals surface area contributed by atoms with E-state index in [2.05, 4.69) is 20.7 Å². The Labute approximate surface area is 164 Å². The van der Waals surface area contributed by atoms with E-state index >= 15 is 0 Å². The summed E-state index contributed by atoms with van der Waals surface area (Å²) < 4.78 is 7.68. The van der Waals surface area contributed by atoms with Gasteiger partial charge in [-0.25, -0.2) is 0 Å². The zero-order valence-corrected chi connectivity index (χ0v) is 16.9. The molecule has 132 valence electrons. The van der Waals surface area contributed by atoms with Crippen molar-refractivity contribution in [3.05, 3.63) is 47.7 Å². The number of hydrogen-bond acceptors (Lipinski definition) is 3. The minimum Gasteiger partial charge on any atom is -0.489 e. The summed E-state index contributed by atoms with van der Waals surface area (Å²) in [5.41, 5.74) is 0. The monoisotopic (exact) mass is 463 g/mol. The summed E-state index contributed by atoms with van der Waals surface area (Å²) in [5, 5.41) is 11.3. The number of nitrogens with zero attached hydrogens (tertiary/aromatic N) is 3. The van der Waals surface area contributed by atoms with Crippen molar-refractivity contribution >= 4 is 41.5 Å². The lowest BCUT2D eigenvalue weighted by molar-refractivity contribution is 0.224.